The minimum Gasteiger partial charge on any atom is -0.493 e. The van der Waals surface area contributed by atoms with Crippen molar-refractivity contribution >= 4 is 41.0 Å². The van der Waals surface area contributed by atoms with E-state index in [4.69, 9.17) is 12.2 Å². The second-order valence-electron chi connectivity index (χ2n) is 4.95. The number of rotatable bonds is 3. The summed E-state index contributed by atoms with van der Waals surface area (Å²) in [5.74, 6) is -1.19. The molecule has 23 heavy (non-hydrogen) atoms. The maximum Gasteiger partial charge on any atom is 0.325 e. The van der Waals surface area contributed by atoms with E-state index in [1.807, 2.05) is 19.1 Å². The van der Waals surface area contributed by atoms with Crippen LogP contribution < -0.4 is 10.6 Å². The summed E-state index contributed by atoms with van der Waals surface area (Å²) in [6.07, 6.45) is 0. The van der Waals surface area contributed by atoms with Crippen molar-refractivity contribution < 1.29 is 19.4 Å². The van der Waals surface area contributed by atoms with Gasteiger partial charge in [0.1, 0.15) is 11.4 Å². The van der Waals surface area contributed by atoms with Gasteiger partial charge in [-0.3, -0.25) is 14.2 Å². The average Bonchev–Trinajstić information content (AvgIpc) is 2.99. The van der Waals surface area contributed by atoms with Gasteiger partial charge in [0.25, 0.3) is 5.91 Å². The van der Waals surface area contributed by atoms with Crippen LogP contribution in [-0.2, 0) is 20.9 Å². The van der Waals surface area contributed by atoms with E-state index < -0.39 is 11.9 Å². The highest BCUT2D eigenvalue weighted by atomic mass is 32.1. The van der Waals surface area contributed by atoms with Gasteiger partial charge in [0.15, 0.2) is 3.95 Å². The van der Waals surface area contributed by atoms with Gasteiger partial charge in [0.2, 0.25) is 5.88 Å². The number of benzene rings is 1. The van der Waals surface area contributed by atoms with Crippen LogP contribution in [0.2, 0.25) is 0 Å². The Hall–Kier alpha value is -2.32. The van der Waals surface area contributed by atoms with Crippen LogP contribution in [0, 0.1) is 10.9 Å². The molecular formula is C15H12N2O4S2. The molecule has 6 nitrogen and oxygen atoms in total. The molecule has 2 heterocycles. The first kappa shape index (κ1) is 15.6. The summed E-state index contributed by atoms with van der Waals surface area (Å²) in [4.78, 5) is 28.1. The first-order valence-electron chi connectivity index (χ1n) is 6.66. The van der Waals surface area contributed by atoms with Crippen LogP contribution in [-0.4, -0.2) is 28.7 Å². The van der Waals surface area contributed by atoms with Crippen LogP contribution in [0.1, 0.15) is 10.4 Å². The van der Waals surface area contributed by atoms with Crippen LogP contribution >= 0.6 is 23.6 Å². The van der Waals surface area contributed by atoms with Crippen LogP contribution in [0.4, 0.5) is 0 Å². The zero-order chi connectivity index (χ0) is 16.7. The van der Waals surface area contributed by atoms with Gasteiger partial charge in [-0.05, 0) is 24.7 Å². The maximum atomic E-state index is 12.3. The first-order valence-corrected chi connectivity index (χ1v) is 7.89. The van der Waals surface area contributed by atoms with Gasteiger partial charge in [-0.15, -0.1) is 11.3 Å². The molecule has 1 aromatic heterocycles. The second kappa shape index (κ2) is 5.71. The molecule has 8 heteroatoms. The van der Waals surface area contributed by atoms with E-state index in [0.717, 1.165) is 16.9 Å². The molecular weight excluding hydrogens is 336 g/mol. The Labute approximate surface area is 140 Å². The molecule has 0 aliphatic carbocycles. The monoisotopic (exact) mass is 348 g/mol. The summed E-state index contributed by atoms with van der Waals surface area (Å²) < 4.78 is 6.11. The molecule has 2 aromatic rings. The van der Waals surface area contributed by atoms with Crippen LogP contribution in [0.3, 0.4) is 0 Å². The molecule has 3 rings (SSSR count). The summed E-state index contributed by atoms with van der Waals surface area (Å²) >= 11 is 6.25. The van der Waals surface area contributed by atoms with Gasteiger partial charge in [0, 0.05) is 5.22 Å². The topological polar surface area (TPSA) is 80.9 Å². The van der Waals surface area contributed by atoms with Crippen LogP contribution in [0.15, 0.2) is 23.2 Å². The molecule has 0 spiro atoms. The number of aromatic nitrogens is 1. The van der Waals surface area contributed by atoms with E-state index in [2.05, 4.69) is 9.73 Å². The third-order valence-corrected chi connectivity index (χ3v) is 5.00. The van der Waals surface area contributed by atoms with E-state index in [1.165, 1.54) is 11.7 Å². The van der Waals surface area contributed by atoms with Gasteiger partial charge in [0.05, 0.1) is 18.0 Å². The highest BCUT2D eigenvalue weighted by Gasteiger charge is 2.26. The zero-order valence-corrected chi connectivity index (χ0v) is 14.0. The predicted molar refractivity (Wildman–Crippen MR) is 86.3 cm³/mol. The van der Waals surface area contributed by atoms with Crippen molar-refractivity contribution in [1.82, 2.24) is 4.57 Å². The van der Waals surface area contributed by atoms with Crippen molar-refractivity contribution in [3.8, 4) is 5.88 Å². The number of carbonyl (C=O) groups excluding carboxylic acids is 2. The van der Waals surface area contributed by atoms with Crippen molar-refractivity contribution in [2.75, 3.05) is 7.11 Å². The molecule has 1 amide bonds. The first-order chi connectivity index (χ1) is 10.9. The highest BCUT2D eigenvalue weighted by Crippen LogP contribution is 2.32. The average molecular weight is 348 g/mol. The third-order valence-electron chi connectivity index (χ3n) is 3.54. The van der Waals surface area contributed by atoms with E-state index in [0.29, 0.717) is 21.0 Å². The summed E-state index contributed by atoms with van der Waals surface area (Å²) in [6.45, 7) is 1.65. The molecule has 0 radical (unpaired) electrons. The Morgan fingerprint density at radius 3 is 2.91 bits per heavy atom. The number of thiazole rings is 1. The number of methoxy groups -OCH3 is 1. The smallest absolute Gasteiger partial charge is 0.325 e. The van der Waals surface area contributed by atoms with E-state index >= 15 is 0 Å². The third kappa shape index (κ3) is 2.49. The second-order valence-corrected chi connectivity index (χ2v) is 6.59. The fraction of sp³-hybridized carbons (Fsp3) is 0.200. The fourth-order valence-electron chi connectivity index (χ4n) is 2.39. The minimum absolute atomic E-state index is 0.211. The number of esters is 1. The quantitative estimate of drug-likeness (QED) is 0.656. The lowest BCUT2D eigenvalue weighted by Crippen LogP contribution is -2.25. The number of para-hydroxylation sites is 1. The Morgan fingerprint density at radius 2 is 2.22 bits per heavy atom. The van der Waals surface area contributed by atoms with Crippen molar-refractivity contribution in [3.63, 3.8) is 0 Å². The SMILES string of the molecule is COC(=O)Cn1c(O)c(C2=c3cccc(C)c3=NC2=O)sc1=S. The maximum absolute atomic E-state index is 12.3. The predicted octanol–water partition coefficient (Wildman–Crippen LogP) is 0.825. The van der Waals surface area contributed by atoms with Crippen LogP contribution in [0.25, 0.3) is 5.57 Å². The number of hydrogen-bond acceptors (Lipinski definition) is 6. The molecule has 0 saturated carbocycles. The molecule has 0 atom stereocenters. The molecule has 0 bridgehead atoms. The molecule has 1 aromatic carbocycles. The lowest BCUT2D eigenvalue weighted by Gasteiger charge is -2.03. The normalized spacial score (nSPS) is 13.0. The number of amides is 1. The Morgan fingerprint density at radius 1 is 1.48 bits per heavy atom. The zero-order valence-electron chi connectivity index (χ0n) is 12.3. The van der Waals surface area contributed by atoms with Crippen molar-refractivity contribution in [2.45, 2.75) is 13.5 Å². The summed E-state index contributed by atoms with van der Waals surface area (Å²) in [7, 11) is 1.25. The number of nitrogens with zero attached hydrogens (tertiary/aromatic N) is 2. The molecule has 0 unspecified atom stereocenters. The van der Waals surface area contributed by atoms with Gasteiger partial charge in [-0.25, -0.2) is 4.99 Å². The van der Waals surface area contributed by atoms with Crippen molar-refractivity contribution in [2.24, 2.45) is 4.99 Å². The number of carbonyl (C=O) groups is 2. The lowest BCUT2D eigenvalue weighted by molar-refractivity contribution is -0.141. The summed E-state index contributed by atoms with van der Waals surface area (Å²) in [5, 5.41) is 11.7. The molecule has 1 N–H and O–H groups in total. The molecule has 0 saturated heterocycles. The van der Waals surface area contributed by atoms with Gasteiger partial charge >= 0.3 is 5.97 Å². The van der Waals surface area contributed by atoms with E-state index in [9.17, 15) is 14.7 Å². The van der Waals surface area contributed by atoms with E-state index in [-0.39, 0.29) is 16.4 Å². The number of aryl methyl sites for hydroxylation is 1. The number of ether oxygens (including phenoxy) is 1. The Bertz CT molecular complexity index is 1020. The summed E-state index contributed by atoms with van der Waals surface area (Å²) in [5.41, 5.74) is 1.18. The van der Waals surface area contributed by atoms with Gasteiger partial charge in [-0.1, -0.05) is 18.2 Å². The molecule has 1 aliphatic heterocycles. The van der Waals surface area contributed by atoms with Gasteiger partial charge in [-0.2, -0.15) is 0 Å². The molecule has 118 valence electrons. The number of aromatic hydroxyl groups is 1. The number of fused-ring (bicyclic) bond motifs is 1. The minimum atomic E-state index is -0.538. The van der Waals surface area contributed by atoms with E-state index in [1.54, 1.807) is 6.07 Å². The fourth-order valence-corrected chi connectivity index (χ4v) is 3.73. The Balaban J connectivity index is 2.25. The number of hydrogen-bond donors (Lipinski definition) is 1. The Kier molecular flexibility index (Phi) is 3.87. The lowest BCUT2D eigenvalue weighted by atomic mass is 10.1. The van der Waals surface area contributed by atoms with Crippen LogP contribution in [0.5, 0.6) is 5.88 Å². The molecule has 1 aliphatic rings. The van der Waals surface area contributed by atoms with Gasteiger partial charge < -0.3 is 9.84 Å². The standard InChI is InChI=1S/C15H12N2O4S2/c1-7-4-3-5-8-10(13(19)16-11(7)8)12-14(20)17(15(22)23-12)6-9(18)21-2/h3-5,20H,6H2,1-2H3. The van der Waals surface area contributed by atoms with Crippen molar-refractivity contribution in [1.29, 1.82) is 0 Å². The largest absolute Gasteiger partial charge is 0.493 e. The summed E-state index contributed by atoms with van der Waals surface area (Å²) in [6, 6.07) is 5.46. The van der Waals surface area contributed by atoms with Crippen molar-refractivity contribution in [3.05, 3.63) is 43.2 Å². The highest BCUT2D eigenvalue weighted by molar-refractivity contribution is 7.73. The molecule has 0 fully saturated rings.